The normalized spacial score (nSPS) is 20.5. The van der Waals surface area contributed by atoms with Gasteiger partial charge < -0.3 is 5.32 Å². The maximum atomic E-state index is 13.4. The molecular formula is C25H22ClNO. The van der Waals surface area contributed by atoms with Crippen LogP contribution in [0.4, 0.5) is 5.69 Å². The van der Waals surface area contributed by atoms with Crippen molar-refractivity contribution in [2.75, 3.05) is 5.32 Å². The van der Waals surface area contributed by atoms with Gasteiger partial charge in [0.05, 0.1) is 6.04 Å². The summed E-state index contributed by atoms with van der Waals surface area (Å²) in [6.07, 6.45) is 1.45. The summed E-state index contributed by atoms with van der Waals surface area (Å²) in [7, 11) is 0. The van der Waals surface area contributed by atoms with E-state index in [1.807, 2.05) is 30.3 Å². The quantitative estimate of drug-likeness (QED) is 0.497. The Morgan fingerprint density at radius 2 is 1.71 bits per heavy atom. The number of carbonyl (C=O) groups excluding carboxylic acids is 1. The van der Waals surface area contributed by atoms with Crippen molar-refractivity contribution in [1.82, 2.24) is 0 Å². The summed E-state index contributed by atoms with van der Waals surface area (Å²) in [5.74, 6) is 0.238. The second-order valence-corrected chi connectivity index (χ2v) is 9.06. The zero-order valence-electron chi connectivity index (χ0n) is 16.1. The van der Waals surface area contributed by atoms with Gasteiger partial charge in [-0.1, -0.05) is 74.0 Å². The van der Waals surface area contributed by atoms with E-state index in [9.17, 15) is 4.79 Å². The Morgan fingerprint density at radius 1 is 0.964 bits per heavy atom. The van der Waals surface area contributed by atoms with Crippen LogP contribution in [-0.2, 0) is 4.79 Å². The summed E-state index contributed by atoms with van der Waals surface area (Å²) in [4.78, 5) is 13.4. The first kappa shape index (κ1) is 17.5. The molecule has 3 aromatic rings. The summed E-state index contributed by atoms with van der Waals surface area (Å²) in [5.41, 5.74) is 5.10. The fourth-order valence-corrected chi connectivity index (χ4v) is 5.04. The van der Waals surface area contributed by atoms with E-state index >= 15 is 0 Å². The maximum absolute atomic E-state index is 13.4. The van der Waals surface area contributed by atoms with Gasteiger partial charge in [0, 0.05) is 28.3 Å². The lowest BCUT2D eigenvalue weighted by molar-refractivity contribution is -0.116. The van der Waals surface area contributed by atoms with Crippen LogP contribution in [-0.4, -0.2) is 5.78 Å². The van der Waals surface area contributed by atoms with Gasteiger partial charge in [-0.05, 0) is 45.9 Å². The SMILES string of the molecule is CC1(C)CC(=O)C2=C(C1)[C@H](c1ccccc1Cl)Nc1ccc3ccccc3c12. The molecule has 0 fully saturated rings. The predicted molar refractivity (Wildman–Crippen MR) is 117 cm³/mol. The Hall–Kier alpha value is -2.58. The van der Waals surface area contributed by atoms with Crippen molar-refractivity contribution in [3.05, 3.63) is 82.4 Å². The molecule has 0 bridgehead atoms. The number of ketones is 1. The molecule has 0 aromatic heterocycles. The van der Waals surface area contributed by atoms with Crippen LogP contribution in [0.25, 0.3) is 16.3 Å². The molecule has 0 radical (unpaired) electrons. The summed E-state index contributed by atoms with van der Waals surface area (Å²) in [5, 5.41) is 6.72. The van der Waals surface area contributed by atoms with Crippen molar-refractivity contribution >= 4 is 39.4 Å². The van der Waals surface area contributed by atoms with Crippen LogP contribution in [0, 0.1) is 5.41 Å². The standard InChI is InChI=1S/C25H22ClNO/c1-25(2)13-18-23(21(28)14-25)22-16-8-4-3-7-15(16)11-12-20(22)27-24(18)17-9-5-6-10-19(17)26/h3-12,24,27H,13-14H2,1-2H3/t24-/m0/s1. The smallest absolute Gasteiger partial charge is 0.164 e. The molecule has 0 amide bonds. The predicted octanol–water partition coefficient (Wildman–Crippen LogP) is 6.80. The maximum Gasteiger partial charge on any atom is 0.164 e. The number of anilines is 1. The first-order valence-corrected chi connectivity index (χ1v) is 10.1. The molecule has 0 spiro atoms. The fourth-order valence-electron chi connectivity index (χ4n) is 4.79. The van der Waals surface area contributed by atoms with Crippen LogP contribution in [0.3, 0.4) is 0 Å². The molecule has 2 aliphatic rings. The number of hydrogen-bond acceptors (Lipinski definition) is 2. The summed E-state index contributed by atoms with van der Waals surface area (Å²) in [6.45, 7) is 4.36. The number of carbonyl (C=O) groups is 1. The second kappa shape index (κ2) is 6.22. The summed E-state index contributed by atoms with van der Waals surface area (Å²) < 4.78 is 0. The number of benzene rings is 3. The number of allylic oxidation sites excluding steroid dienone is 1. The van der Waals surface area contributed by atoms with Gasteiger partial charge >= 0.3 is 0 Å². The van der Waals surface area contributed by atoms with E-state index in [4.69, 9.17) is 11.6 Å². The molecule has 28 heavy (non-hydrogen) atoms. The van der Waals surface area contributed by atoms with Crippen LogP contribution in [0.5, 0.6) is 0 Å². The number of rotatable bonds is 1. The number of Topliss-reactive ketones (excluding diaryl/α,β-unsaturated/α-hetero) is 1. The van der Waals surface area contributed by atoms with Gasteiger partial charge in [0.15, 0.2) is 5.78 Å². The number of fused-ring (bicyclic) bond motifs is 4. The lowest BCUT2D eigenvalue weighted by atomic mass is 9.68. The van der Waals surface area contributed by atoms with Crippen molar-refractivity contribution in [3.8, 4) is 0 Å². The third-order valence-corrected chi connectivity index (χ3v) is 6.30. The highest BCUT2D eigenvalue weighted by Gasteiger charge is 2.40. The monoisotopic (exact) mass is 387 g/mol. The molecule has 0 saturated carbocycles. The van der Waals surface area contributed by atoms with Gasteiger partial charge in [-0.2, -0.15) is 0 Å². The molecule has 140 valence electrons. The summed E-state index contributed by atoms with van der Waals surface area (Å²) >= 11 is 6.57. The topological polar surface area (TPSA) is 29.1 Å². The Morgan fingerprint density at radius 3 is 2.54 bits per heavy atom. The second-order valence-electron chi connectivity index (χ2n) is 8.65. The van der Waals surface area contributed by atoms with E-state index in [1.165, 1.54) is 5.57 Å². The lowest BCUT2D eigenvalue weighted by Crippen LogP contribution is -2.32. The minimum atomic E-state index is -0.0825. The van der Waals surface area contributed by atoms with E-state index in [2.05, 4.69) is 49.5 Å². The molecule has 1 atom stereocenters. The van der Waals surface area contributed by atoms with Crippen molar-refractivity contribution in [2.45, 2.75) is 32.7 Å². The molecular weight excluding hydrogens is 366 g/mol. The van der Waals surface area contributed by atoms with Crippen molar-refractivity contribution in [1.29, 1.82) is 0 Å². The average molecular weight is 388 g/mol. The molecule has 1 aliphatic heterocycles. The highest BCUT2D eigenvalue weighted by molar-refractivity contribution is 6.32. The highest BCUT2D eigenvalue weighted by atomic mass is 35.5. The van der Waals surface area contributed by atoms with Crippen molar-refractivity contribution < 1.29 is 4.79 Å². The van der Waals surface area contributed by atoms with Gasteiger partial charge in [0.1, 0.15) is 0 Å². The Labute approximate surface area is 170 Å². The molecule has 5 rings (SSSR count). The minimum absolute atomic E-state index is 0.0564. The Kier molecular flexibility index (Phi) is 3.89. The number of nitrogens with one attached hydrogen (secondary N) is 1. The van der Waals surface area contributed by atoms with Crippen LogP contribution in [0.2, 0.25) is 5.02 Å². The van der Waals surface area contributed by atoms with Gasteiger partial charge in [-0.15, -0.1) is 0 Å². The van der Waals surface area contributed by atoms with Gasteiger partial charge in [-0.3, -0.25) is 4.79 Å². The molecule has 1 aliphatic carbocycles. The number of halogens is 1. The van der Waals surface area contributed by atoms with Gasteiger partial charge in [0.2, 0.25) is 0 Å². The van der Waals surface area contributed by atoms with Crippen molar-refractivity contribution in [3.63, 3.8) is 0 Å². The van der Waals surface area contributed by atoms with Crippen LogP contribution < -0.4 is 5.32 Å². The van der Waals surface area contributed by atoms with Crippen molar-refractivity contribution in [2.24, 2.45) is 5.41 Å². The molecule has 3 heteroatoms. The molecule has 0 saturated heterocycles. The zero-order valence-corrected chi connectivity index (χ0v) is 16.8. The van der Waals surface area contributed by atoms with E-state index in [1.54, 1.807) is 0 Å². The van der Waals surface area contributed by atoms with E-state index < -0.39 is 0 Å². The first-order valence-electron chi connectivity index (χ1n) is 9.74. The Balaban J connectivity index is 1.83. The third kappa shape index (κ3) is 2.67. The largest absolute Gasteiger partial charge is 0.374 e. The van der Waals surface area contributed by atoms with Crippen LogP contribution in [0.15, 0.2) is 66.2 Å². The average Bonchev–Trinajstić information content (AvgIpc) is 2.66. The highest BCUT2D eigenvalue weighted by Crippen LogP contribution is 2.52. The zero-order chi connectivity index (χ0) is 19.5. The lowest BCUT2D eigenvalue weighted by Gasteiger charge is -2.40. The minimum Gasteiger partial charge on any atom is -0.374 e. The molecule has 0 unspecified atom stereocenters. The molecule has 3 aromatic carbocycles. The first-order chi connectivity index (χ1) is 13.4. The Bertz CT molecular complexity index is 1160. The summed E-state index contributed by atoms with van der Waals surface area (Å²) in [6, 6.07) is 20.4. The molecule has 2 nitrogen and oxygen atoms in total. The van der Waals surface area contributed by atoms with E-state index in [0.717, 1.165) is 44.6 Å². The molecule has 1 heterocycles. The third-order valence-electron chi connectivity index (χ3n) is 5.95. The number of hydrogen-bond donors (Lipinski definition) is 1. The van der Waals surface area contributed by atoms with E-state index in [0.29, 0.717) is 6.42 Å². The van der Waals surface area contributed by atoms with Gasteiger partial charge in [-0.25, -0.2) is 0 Å². The van der Waals surface area contributed by atoms with Crippen LogP contribution >= 0.6 is 11.6 Å². The van der Waals surface area contributed by atoms with E-state index in [-0.39, 0.29) is 17.2 Å². The van der Waals surface area contributed by atoms with Crippen LogP contribution in [0.1, 0.15) is 43.9 Å². The fraction of sp³-hybridized carbons (Fsp3) is 0.240. The van der Waals surface area contributed by atoms with Gasteiger partial charge in [0.25, 0.3) is 0 Å². The molecule has 1 N–H and O–H groups in total.